The number of carboxylic acid groups (broad SMARTS) is 1. The second-order valence-electron chi connectivity index (χ2n) is 13.3. The molecule has 0 spiro atoms. The van der Waals surface area contributed by atoms with Gasteiger partial charge in [0.15, 0.2) is 0 Å². The molecule has 1 N–H and O–H groups in total. The van der Waals surface area contributed by atoms with Crippen LogP contribution in [0.15, 0.2) is 85.5 Å². The van der Waals surface area contributed by atoms with Gasteiger partial charge in [0.25, 0.3) is 0 Å². The van der Waals surface area contributed by atoms with Crippen molar-refractivity contribution >= 4 is 35.1 Å². The Morgan fingerprint density at radius 3 is 1.84 bits per heavy atom. The zero-order chi connectivity index (χ0) is 37.1. The number of carbonyl (C=O) groups is 3. The van der Waals surface area contributed by atoms with Crippen LogP contribution in [0.2, 0.25) is 0 Å². The molecule has 2 rings (SSSR count). The summed E-state index contributed by atoms with van der Waals surface area (Å²) in [5, 5.41) is 9.33. The molecule has 6 heteroatoms. The van der Waals surface area contributed by atoms with Crippen LogP contribution < -0.4 is 0 Å². The molecule has 278 valence electrons. The Hall–Kier alpha value is -4.19. The van der Waals surface area contributed by atoms with E-state index in [0.717, 1.165) is 53.5 Å². The largest absolute Gasteiger partial charge is 0.481 e. The highest BCUT2D eigenvalue weighted by Gasteiger charge is 2.18. The van der Waals surface area contributed by atoms with Gasteiger partial charge in [-0.1, -0.05) is 171 Å². The summed E-state index contributed by atoms with van der Waals surface area (Å²) in [4.78, 5) is 36.1. The quantitative estimate of drug-likeness (QED) is 0.0313. The summed E-state index contributed by atoms with van der Waals surface area (Å²) in [7, 11) is 0. The number of carboxylic acids is 1. The molecule has 0 heterocycles. The molecule has 51 heavy (non-hydrogen) atoms. The smallest absolute Gasteiger partial charge is 0.330 e. The van der Waals surface area contributed by atoms with Gasteiger partial charge >= 0.3 is 17.9 Å². The molecule has 0 fully saturated rings. The lowest BCUT2D eigenvalue weighted by atomic mass is 9.88. The highest BCUT2D eigenvalue weighted by Crippen LogP contribution is 2.34. The fourth-order valence-electron chi connectivity index (χ4n) is 6.36. The molecule has 0 aromatic heterocycles. The average molecular weight is 699 g/mol. The van der Waals surface area contributed by atoms with Crippen LogP contribution in [-0.4, -0.2) is 36.2 Å². The Bertz CT molecular complexity index is 1390. The van der Waals surface area contributed by atoms with Gasteiger partial charge < -0.3 is 14.6 Å². The number of ether oxygens (including phenoxy) is 2. The Morgan fingerprint density at radius 2 is 1.29 bits per heavy atom. The molecular weight excluding hydrogens is 636 g/mol. The third kappa shape index (κ3) is 18.6. The maximum atomic E-state index is 12.4. The molecule has 0 saturated heterocycles. The minimum Gasteiger partial charge on any atom is -0.481 e. The van der Waals surface area contributed by atoms with Gasteiger partial charge in [0.2, 0.25) is 0 Å². The van der Waals surface area contributed by atoms with E-state index in [2.05, 4.69) is 39.1 Å². The van der Waals surface area contributed by atoms with E-state index in [4.69, 9.17) is 9.47 Å². The molecule has 0 aliphatic rings. The Labute approximate surface area is 307 Å². The van der Waals surface area contributed by atoms with E-state index >= 15 is 0 Å². The van der Waals surface area contributed by atoms with Gasteiger partial charge in [-0.3, -0.25) is 9.59 Å². The van der Waals surface area contributed by atoms with Gasteiger partial charge in [-0.15, -0.1) is 0 Å². The van der Waals surface area contributed by atoms with E-state index in [1.54, 1.807) is 12.2 Å². The van der Waals surface area contributed by atoms with Crippen molar-refractivity contribution in [3.05, 3.63) is 102 Å². The second-order valence-corrected chi connectivity index (χ2v) is 13.3. The molecule has 0 aliphatic carbocycles. The summed E-state index contributed by atoms with van der Waals surface area (Å²) in [5.74, 6) is -2.17. The van der Waals surface area contributed by atoms with E-state index in [0.29, 0.717) is 6.42 Å². The summed E-state index contributed by atoms with van der Waals surface area (Å²) in [6, 6.07) is 18.1. The first-order valence-corrected chi connectivity index (χ1v) is 19.2. The Morgan fingerprint density at radius 1 is 0.725 bits per heavy atom. The van der Waals surface area contributed by atoms with Gasteiger partial charge in [-0.05, 0) is 58.2 Å². The van der Waals surface area contributed by atoms with E-state index in [1.807, 2.05) is 42.5 Å². The van der Waals surface area contributed by atoms with Crippen molar-refractivity contribution in [3.8, 4) is 0 Å². The number of benzene rings is 2. The first-order valence-electron chi connectivity index (χ1n) is 19.2. The van der Waals surface area contributed by atoms with Gasteiger partial charge in [0.05, 0.1) is 0 Å². The SMILES string of the molecule is C=CC(=C)/C(=C(\CC)c1ccccc1)c1ccc(/C=C/C(=O)OCCOC(=O)CC(CCCCCCCCCCCCCCC)CC(=O)O)cc1. The van der Waals surface area contributed by atoms with Gasteiger partial charge in [0, 0.05) is 18.9 Å². The summed E-state index contributed by atoms with van der Waals surface area (Å²) in [5.41, 5.74) is 6.04. The number of esters is 2. The summed E-state index contributed by atoms with van der Waals surface area (Å²) < 4.78 is 10.5. The van der Waals surface area contributed by atoms with Gasteiger partial charge in [0.1, 0.15) is 13.2 Å². The van der Waals surface area contributed by atoms with E-state index in [9.17, 15) is 19.5 Å². The molecule has 0 bridgehead atoms. The molecule has 0 radical (unpaired) electrons. The van der Waals surface area contributed by atoms with E-state index in [1.165, 1.54) is 75.9 Å². The number of unbranched alkanes of at least 4 members (excludes halogenated alkanes) is 12. The lowest BCUT2D eigenvalue weighted by Gasteiger charge is -2.16. The number of aliphatic carboxylic acids is 1. The van der Waals surface area contributed by atoms with Crippen LogP contribution in [-0.2, 0) is 23.9 Å². The highest BCUT2D eigenvalue weighted by atomic mass is 16.6. The zero-order valence-corrected chi connectivity index (χ0v) is 31.3. The average Bonchev–Trinajstić information content (AvgIpc) is 3.13. The Balaban J connectivity index is 1.71. The third-order valence-corrected chi connectivity index (χ3v) is 9.18. The molecule has 0 saturated carbocycles. The van der Waals surface area contributed by atoms with Crippen LogP contribution in [0.5, 0.6) is 0 Å². The number of rotatable bonds is 28. The maximum absolute atomic E-state index is 12.4. The van der Waals surface area contributed by atoms with Crippen molar-refractivity contribution in [1.82, 2.24) is 0 Å². The summed E-state index contributed by atoms with van der Waals surface area (Å²) in [6.07, 6.45) is 22.6. The molecular formula is C45H62O6. The number of carbonyl (C=O) groups excluding carboxylic acids is 2. The van der Waals surface area contributed by atoms with Crippen molar-refractivity contribution in [2.45, 2.75) is 123 Å². The van der Waals surface area contributed by atoms with Gasteiger partial charge in [-0.2, -0.15) is 0 Å². The van der Waals surface area contributed by atoms with E-state index in [-0.39, 0.29) is 32.0 Å². The van der Waals surface area contributed by atoms with E-state index < -0.39 is 17.9 Å². The van der Waals surface area contributed by atoms with Crippen molar-refractivity contribution in [2.75, 3.05) is 13.2 Å². The normalized spacial score (nSPS) is 12.3. The van der Waals surface area contributed by atoms with Crippen LogP contribution in [0.1, 0.15) is 140 Å². The molecule has 2 aromatic carbocycles. The lowest BCUT2D eigenvalue weighted by Crippen LogP contribution is -2.17. The van der Waals surface area contributed by atoms with Crippen LogP contribution in [0.25, 0.3) is 17.2 Å². The molecule has 0 amide bonds. The molecule has 0 aliphatic heterocycles. The predicted molar refractivity (Wildman–Crippen MR) is 211 cm³/mol. The highest BCUT2D eigenvalue weighted by molar-refractivity contribution is 5.99. The topological polar surface area (TPSA) is 89.9 Å². The van der Waals surface area contributed by atoms with Crippen molar-refractivity contribution in [2.24, 2.45) is 5.92 Å². The number of hydrogen-bond donors (Lipinski definition) is 1. The van der Waals surface area contributed by atoms with Crippen LogP contribution in [0, 0.1) is 5.92 Å². The van der Waals surface area contributed by atoms with Crippen molar-refractivity contribution < 1.29 is 29.0 Å². The third-order valence-electron chi connectivity index (χ3n) is 9.18. The fourth-order valence-corrected chi connectivity index (χ4v) is 6.36. The minimum atomic E-state index is -0.908. The zero-order valence-electron chi connectivity index (χ0n) is 31.3. The molecule has 1 atom stereocenters. The summed E-state index contributed by atoms with van der Waals surface area (Å²) in [6.45, 7) is 12.4. The predicted octanol–water partition coefficient (Wildman–Crippen LogP) is 11.8. The first-order chi connectivity index (χ1) is 24.8. The van der Waals surface area contributed by atoms with Crippen LogP contribution in [0.3, 0.4) is 0 Å². The number of hydrogen-bond acceptors (Lipinski definition) is 5. The molecule has 2 aromatic rings. The molecule has 1 unspecified atom stereocenters. The monoisotopic (exact) mass is 698 g/mol. The second kappa shape index (κ2) is 26.6. The van der Waals surface area contributed by atoms with Crippen LogP contribution in [0.4, 0.5) is 0 Å². The first kappa shape index (κ1) is 43.0. The lowest BCUT2D eigenvalue weighted by molar-refractivity contribution is -0.151. The fraction of sp³-hybridized carbons (Fsp3) is 0.489. The van der Waals surface area contributed by atoms with Crippen LogP contribution >= 0.6 is 0 Å². The number of allylic oxidation sites excluding steroid dienone is 4. The maximum Gasteiger partial charge on any atom is 0.330 e. The van der Waals surface area contributed by atoms with Gasteiger partial charge in [-0.25, -0.2) is 4.79 Å². The standard InChI is InChI=1S/C45H62O6/c1-5-8-9-10-11-12-13-14-15-16-17-18-20-23-38(34-42(46)47)35-44(49)51-33-32-50-43(48)31-28-37-26-29-40(30-27-37)45(36(4)6-2)41(7-3)39-24-21-19-22-25-39/h6,19,21-22,24-31,38H,2,4-5,7-18,20,23,32-35H2,1,3H3,(H,46,47)/b31-28+,45-41-. The van der Waals surface area contributed by atoms with Crippen molar-refractivity contribution in [1.29, 1.82) is 0 Å². The summed E-state index contributed by atoms with van der Waals surface area (Å²) >= 11 is 0. The van der Waals surface area contributed by atoms with Crippen molar-refractivity contribution in [3.63, 3.8) is 0 Å². The molecule has 6 nitrogen and oxygen atoms in total. The minimum absolute atomic E-state index is 0.0521. The Kier molecular flexibility index (Phi) is 22.4.